The van der Waals surface area contributed by atoms with Crippen molar-refractivity contribution in [1.82, 2.24) is 5.32 Å². The molecule has 0 saturated carbocycles. The van der Waals surface area contributed by atoms with E-state index in [1.807, 2.05) is 56.3 Å². The van der Waals surface area contributed by atoms with Gasteiger partial charge < -0.3 is 20.1 Å². The fourth-order valence-electron chi connectivity index (χ4n) is 2.73. The second-order valence-corrected chi connectivity index (χ2v) is 7.21. The normalized spacial score (nSPS) is 11.7. The third kappa shape index (κ3) is 8.34. The maximum Gasteiger partial charge on any atom is 0.408 e. The van der Waals surface area contributed by atoms with Crippen LogP contribution in [0.15, 0.2) is 60.7 Å². The van der Waals surface area contributed by atoms with Crippen LogP contribution < -0.4 is 10.6 Å². The SMILES string of the molecule is CC(=O)OC/C=C\c1ccccc1NC(=O)[C@@H](NC(=O)OCc1ccccc1)C(C)C. The molecule has 1 atom stereocenters. The van der Waals surface area contributed by atoms with Gasteiger partial charge in [0, 0.05) is 12.6 Å². The largest absolute Gasteiger partial charge is 0.462 e. The van der Waals surface area contributed by atoms with Gasteiger partial charge in [0.25, 0.3) is 0 Å². The zero-order chi connectivity index (χ0) is 22.6. The number of carbonyl (C=O) groups excluding carboxylic acids is 3. The molecule has 2 rings (SSSR count). The van der Waals surface area contributed by atoms with Crippen LogP contribution in [0.25, 0.3) is 6.08 Å². The molecule has 0 fully saturated rings. The van der Waals surface area contributed by atoms with Gasteiger partial charge in [-0.05, 0) is 29.2 Å². The van der Waals surface area contributed by atoms with E-state index in [9.17, 15) is 14.4 Å². The summed E-state index contributed by atoms with van der Waals surface area (Å²) >= 11 is 0. The van der Waals surface area contributed by atoms with E-state index in [0.717, 1.165) is 11.1 Å². The summed E-state index contributed by atoms with van der Waals surface area (Å²) in [5.41, 5.74) is 2.19. The summed E-state index contributed by atoms with van der Waals surface area (Å²) in [5, 5.41) is 5.49. The average molecular weight is 424 g/mol. The maximum absolute atomic E-state index is 12.9. The minimum Gasteiger partial charge on any atom is -0.462 e. The zero-order valence-corrected chi connectivity index (χ0v) is 18.0. The number of carbonyl (C=O) groups is 3. The Hall–Kier alpha value is -3.61. The molecule has 0 saturated heterocycles. The third-order valence-corrected chi connectivity index (χ3v) is 4.33. The number of nitrogens with one attached hydrogen (secondary N) is 2. The van der Waals surface area contributed by atoms with Crippen LogP contribution >= 0.6 is 0 Å². The highest BCUT2D eigenvalue weighted by Gasteiger charge is 2.25. The first-order valence-electron chi connectivity index (χ1n) is 10.0. The fourth-order valence-corrected chi connectivity index (χ4v) is 2.73. The number of rotatable bonds is 9. The summed E-state index contributed by atoms with van der Waals surface area (Å²) in [6.45, 7) is 5.28. The Morgan fingerprint density at radius 3 is 2.32 bits per heavy atom. The Balaban J connectivity index is 1.99. The molecule has 2 amide bonds. The van der Waals surface area contributed by atoms with Crippen LogP contribution in [0.3, 0.4) is 0 Å². The number of benzene rings is 2. The summed E-state index contributed by atoms with van der Waals surface area (Å²) in [5.74, 6) is -0.875. The standard InChI is InChI=1S/C24H28N2O5/c1-17(2)22(26-24(29)31-16-19-10-5-4-6-11-19)23(28)25-21-14-8-7-12-20(21)13-9-15-30-18(3)27/h4-14,17,22H,15-16H2,1-3H3,(H,25,28)(H,26,29)/b13-9-/t22-/m0/s1. The van der Waals surface area contributed by atoms with Crippen LogP contribution in [-0.2, 0) is 25.7 Å². The lowest BCUT2D eigenvalue weighted by atomic mass is 10.0. The highest BCUT2D eigenvalue weighted by atomic mass is 16.5. The molecule has 0 spiro atoms. The number of para-hydroxylation sites is 1. The number of alkyl carbamates (subject to hydrolysis) is 1. The maximum atomic E-state index is 12.9. The summed E-state index contributed by atoms with van der Waals surface area (Å²) in [4.78, 5) is 35.9. The van der Waals surface area contributed by atoms with E-state index in [4.69, 9.17) is 9.47 Å². The molecule has 164 valence electrons. The number of anilines is 1. The van der Waals surface area contributed by atoms with E-state index in [1.165, 1.54) is 6.92 Å². The van der Waals surface area contributed by atoms with E-state index in [2.05, 4.69) is 10.6 Å². The lowest BCUT2D eigenvalue weighted by Gasteiger charge is -2.22. The molecule has 2 N–H and O–H groups in total. The van der Waals surface area contributed by atoms with Gasteiger partial charge in [-0.2, -0.15) is 0 Å². The fraction of sp³-hybridized carbons (Fsp3) is 0.292. The van der Waals surface area contributed by atoms with Crippen LogP contribution in [0.4, 0.5) is 10.5 Å². The number of hydrogen-bond acceptors (Lipinski definition) is 5. The van der Waals surface area contributed by atoms with Crippen molar-refractivity contribution in [3.05, 3.63) is 71.8 Å². The van der Waals surface area contributed by atoms with Crippen LogP contribution in [0.5, 0.6) is 0 Å². The van der Waals surface area contributed by atoms with Gasteiger partial charge in [-0.25, -0.2) is 4.79 Å². The summed E-state index contributed by atoms with van der Waals surface area (Å²) in [7, 11) is 0. The van der Waals surface area contributed by atoms with Crippen molar-refractivity contribution in [2.75, 3.05) is 11.9 Å². The molecule has 0 heterocycles. The molecular formula is C24H28N2O5. The lowest BCUT2D eigenvalue weighted by Crippen LogP contribution is -2.47. The van der Waals surface area contributed by atoms with Gasteiger partial charge in [-0.3, -0.25) is 9.59 Å². The van der Waals surface area contributed by atoms with Crippen molar-refractivity contribution in [1.29, 1.82) is 0 Å². The quantitative estimate of drug-likeness (QED) is 0.590. The Morgan fingerprint density at radius 2 is 1.65 bits per heavy atom. The van der Waals surface area contributed by atoms with Gasteiger partial charge >= 0.3 is 12.1 Å². The Morgan fingerprint density at radius 1 is 0.968 bits per heavy atom. The summed E-state index contributed by atoms with van der Waals surface area (Å²) in [6.07, 6.45) is 2.78. The predicted molar refractivity (Wildman–Crippen MR) is 119 cm³/mol. The number of hydrogen-bond donors (Lipinski definition) is 2. The van der Waals surface area contributed by atoms with Gasteiger partial charge in [-0.15, -0.1) is 0 Å². The van der Waals surface area contributed by atoms with Gasteiger partial charge in [0.15, 0.2) is 0 Å². The molecule has 7 heteroatoms. The molecule has 0 radical (unpaired) electrons. The van der Waals surface area contributed by atoms with Crippen molar-refractivity contribution in [3.63, 3.8) is 0 Å². The lowest BCUT2D eigenvalue weighted by molar-refractivity contribution is -0.139. The van der Waals surface area contributed by atoms with E-state index in [0.29, 0.717) is 5.69 Å². The highest BCUT2D eigenvalue weighted by molar-refractivity contribution is 5.98. The molecule has 0 bridgehead atoms. The molecule has 0 aliphatic carbocycles. The molecule has 0 aromatic heterocycles. The molecule has 2 aromatic carbocycles. The van der Waals surface area contributed by atoms with E-state index in [-0.39, 0.29) is 31.0 Å². The summed E-state index contributed by atoms with van der Waals surface area (Å²) in [6, 6.07) is 15.7. The number of ether oxygens (including phenoxy) is 2. The van der Waals surface area contributed by atoms with Crippen LogP contribution in [0.1, 0.15) is 31.9 Å². The molecule has 0 aliphatic heterocycles. The van der Waals surface area contributed by atoms with Gasteiger partial charge in [0.1, 0.15) is 19.3 Å². The van der Waals surface area contributed by atoms with Crippen LogP contribution in [-0.4, -0.2) is 30.6 Å². The van der Waals surface area contributed by atoms with Crippen molar-refractivity contribution in [3.8, 4) is 0 Å². The van der Waals surface area contributed by atoms with Gasteiger partial charge in [-0.1, -0.05) is 68.5 Å². The first kappa shape index (κ1) is 23.7. The van der Waals surface area contributed by atoms with Crippen molar-refractivity contribution in [2.24, 2.45) is 5.92 Å². The zero-order valence-electron chi connectivity index (χ0n) is 18.0. The van der Waals surface area contributed by atoms with Crippen LogP contribution in [0.2, 0.25) is 0 Å². The topological polar surface area (TPSA) is 93.7 Å². The predicted octanol–water partition coefficient (Wildman–Crippen LogP) is 4.15. The van der Waals surface area contributed by atoms with Gasteiger partial charge in [0.2, 0.25) is 5.91 Å². The van der Waals surface area contributed by atoms with Gasteiger partial charge in [0.05, 0.1) is 0 Å². The van der Waals surface area contributed by atoms with E-state index >= 15 is 0 Å². The molecule has 7 nitrogen and oxygen atoms in total. The Bertz CT molecular complexity index is 909. The van der Waals surface area contributed by atoms with E-state index < -0.39 is 12.1 Å². The monoisotopic (exact) mass is 424 g/mol. The first-order valence-corrected chi connectivity index (χ1v) is 10.0. The number of amides is 2. The smallest absolute Gasteiger partial charge is 0.408 e. The summed E-state index contributed by atoms with van der Waals surface area (Å²) < 4.78 is 10.1. The van der Waals surface area contributed by atoms with Crippen molar-refractivity contribution >= 4 is 29.7 Å². The second kappa shape index (κ2) is 12.2. The third-order valence-electron chi connectivity index (χ3n) is 4.33. The van der Waals surface area contributed by atoms with Crippen LogP contribution in [0, 0.1) is 5.92 Å². The Labute approximate surface area is 182 Å². The molecule has 0 aliphatic rings. The van der Waals surface area contributed by atoms with Crippen molar-refractivity contribution in [2.45, 2.75) is 33.4 Å². The minimum absolute atomic E-state index is 0.120. The Kier molecular flexibility index (Phi) is 9.29. The highest BCUT2D eigenvalue weighted by Crippen LogP contribution is 2.18. The first-order chi connectivity index (χ1) is 14.9. The van der Waals surface area contributed by atoms with E-state index in [1.54, 1.807) is 24.3 Å². The second-order valence-electron chi connectivity index (χ2n) is 7.21. The number of esters is 1. The molecule has 2 aromatic rings. The average Bonchev–Trinajstić information content (AvgIpc) is 2.75. The van der Waals surface area contributed by atoms with Crippen molar-refractivity contribution < 1.29 is 23.9 Å². The minimum atomic E-state index is -0.777. The molecule has 0 unspecified atom stereocenters. The molecular weight excluding hydrogens is 396 g/mol. The molecule has 31 heavy (non-hydrogen) atoms.